The third-order valence-electron chi connectivity index (χ3n) is 4.92. The van der Waals surface area contributed by atoms with E-state index >= 15 is 0 Å². The highest BCUT2D eigenvalue weighted by Crippen LogP contribution is 2.35. The monoisotopic (exact) mass is 342 g/mol. The van der Waals surface area contributed by atoms with Gasteiger partial charge in [-0.1, -0.05) is 24.3 Å². The number of aromatic nitrogens is 1. The van der Waals surface area contributed by atoms with Crippen LogP contribution in [0.1, 0.15) is 22.3 Å². The number of hydrogen-bond acceptors (Lipinski definition) is 3. The van der Waals surface area contributed by atoms with E-state index in [-0.39, 0.29) is 6.61 Å². The second-order valence-corrected chi connectivity index (χ2v) is 6.94. The minimum atomic E-state index is 0.0326. The first-order chi connectivity index (χ1) is 12.5. The fourth-order valence-corrected chi connectivity index (χ4v) is 3.34. The Morgan fingerprint density at radius 2 is 1.62 bits per heavy atom. The zero-order valence-corrected chi connectivity index (χ0v) is 15.3. The Balaban J connectivity index is 2.00. The molecule has 0 saturated carbocycles. The van der Waals surface area contributed by atoms with Crippen LogP contribution in [0, 0.1) is 20.8 Å². The molecule has 0 bridgehead atoms. The Hall–Kier alpha value is -2.91. The number of hydrogen-bond donors (Lipinski definition) is 2. The molecule has 0 aliphatic heterocycles. The lowest BCUT2D eigenvalue weighted by Gasteiger charge is -2.15. The van der Waals surface area contributed by atoms with Gasteiger partial charge >= 0.3 is 0 Å². The lowest BCUT2D eigenvalue weighted by atomic mass is 10.0. The SMILES string of the molecule is Cc1ccc2c(Nc3cccc(CO)c3)c3cc(C)c(C)cc3nc2c1. The van der Waals surface area contributed by atoms with Gasteiger partial charge in [0.25, 0.3) is 0 Å². The summed E-state index contributed by atoms with van der Waals surface area (Å²) in [5.74, 6) is 0. The van der Waals surface area contributed by atoms with Gasteiger partial charge in [0.05, 0.1) is 23.3 Å². The van der Waals surface area contributed by atoms with Crippen molar-refractivity contribution in [2.45, 2.75) is 27.4 Å². The molecule has 0 spiro atoms. The Morgan fingerprint density at radius 3 is 2.42 bits per heavy atom. The fourth-order valence-electron chi connectivity index (χ4n) is 3.34. The van der Waals surface area contributed by atoms with E-state index in [0.717, 1.165) is 38.7 Å². The molecule has 0 unspecified atom stereocenters. The predicted octanol–water partition coefficient (Wildman–Crippen LogP) is 5.55. The Kier molecular flexibility index (Phi) is 4.09. The van der Waals surface area contributed by atoms with Crippen molar-refractivity contribution in [3.8, 4) is 0 Å². The van der Waals surface area contributed by atoms with Crippen LogP contribution in [0.5, 0.6) is 0 Å². The molecule has 0 aliphatic rings. The quantitative estimate of drug-likeness (QED) is 0.480. The summed E-state index contributed by atoms with van der Waals surface area (Å²) in [6.07, 6.45) is 0. The lowest BCUT2D eigenvalue weighted by molar-refractivity contribution is 0.282. The number of aliphatic hydroxyl groups is 1. The van der Waals surface area contributed by atoms with Gasteiger partial charge in [-0.25, -0.2) is 4.98 Å². The molecule has 1 aromatic heterocycles. The first-order valence-electron chi connectivity index (χ1n) is 8.83. The van der Waals surface area contributed by atoms with E-state index in [1.54, 1.807) is 0 Å². The first kappa shape index (κ1) is 16.6. The van der Waals surface area contributed by atoms with Gasteiger partial charge in [-0.05, 0) is 73.4 Å². The van der Waals surface area contributed by atoms with E-state index in [2.05, 4.69) is 56.4 Å². The number of anilines is 2. The molecule has 3 aromatic carbocycles. The van der Waals surface area contributed by atoms with E-state index in [1.807, 2.05) is 24.3 Å². The highest BCUT2D eigenvalue weighted by Gasteiger charge is 2.11. The van der Waals surface area contributed by atoms with Crippen molar-refractivity contribution < 1.29 is 5.11 Å². The normalized spacial score (nSPS) is 11.2. The molecule has 0 aliphatic carbocycles. The van der Waals surface area contributed by atoms with E-state index < -0.39 is 0 Å². The molecule has 1 heterocycles. The van der Waals surface area contributed by atoms with Crippen LogP contribution in [0.3, 0.4) is 0 Å². The van der Waals surface area contributed by atoms with Crippen molar-refractivity contribution in [2.75, 3.05) is 5.32 Å². The molecular formula is C23H22N2O. The van der Waals surface area contributed by atoms with Crippen LogP contribution in [0.25, 0.3) is 21.8 Å². The molecule has 26 heavy (non-hydrogen) atoms. The summed E-state index contributed by atoms with van der Waals surface area (Å²) in [6.45, 7) is 6.37. The van der Waals surface area contributed by atoms with E-state index in [0.29, 0.717) is 0 Å². The van der Waals surface area contributed by atoms with Crippen LogP contribution in [-0.4, -0.2) is 10.1 Å². The zero-order chi connectivity index (χ0) is 18.3. The predicted molar refractivity (Wildman–Crippen MR) is 109 cm³/mol. The Morgan fingerprint density at radius 1 is 0.846 bits per heavy atom. The maximum atomic E-state index is 9.43. The Bertz CT molecular complexity index is 1130. The smallest absolute Gasteiger partial charge is 0.0733 e. The van der Waals surface area contributed by atoms with Crippen molar-refractivity contribution in [3.63, 3.8) is 0 Å². The largest absolute Gasteiger partial charge is 0.392 e. The van der Waals surface area contributed by atoms with Gasteiger partial charge in [0, 0.05) is 16.5 Å². The summed E-state index contributed by atoms with van der Waals surface area (Å²) in [6, 6.07) is 18.6. The maximum absolute atomic E-state index is 9.43. The third-order valence-corrected chi connectivity index (χ3v) is 4.92. The number of pyridine rings is 1. The number of benzene rings is 3. The summed E-state index contributed by atoms with van der Waals surface area (Å²) < 4.78 is 0. The minimum absolute atomic E-state index is 0.0326. The third kappa shape index (κ3) is 2.91. The van der Waals surface area contributed by atoms with Crippen molar-refractivity contribution in [1.29, 1.82) is 0 Å². The van der Waals surface area contributed by atoms with Gasteiger partial charge in [-0.3, -0.25) is 0 Å². The number of fused-ring (bicyclic) bond motifs is 2. The van der Waals surface area contributed by atoms with Gasteiger partial charge in [-0.15, -0.1) is 0 Å². The molecule has 3 heteroatoms. The summed E-state index contributed by atoms with van der Waals surface area (Å²) in [4.78, 5) is 4.90. The molecule has 0 atom stereocenters. The molecule has 0 radical (unpaired) electrons. The molecule has 4 aromatic rings. The molecule has 4 rings (SSSR count). The van der Waals surface area contributed by atoms with E-state index in [4.69, 9.17) is 4.98 Å². The van der Waals surface area contributed by atoms with Gasteiger partial charge < -0.3 is 10.4 Å². The number of aliphatic hydroxyl groups excluding tert-OH is 1. The molecule has 0 fully saturated rings. The van der Waals surface area contributed by atoms with Crippen LogP contribution < -0.4 is 5.32 Å². The van der Waals surface area contributed by atoms with Crippen LogP contribution >= 0.6 is 0 Å². The lowest BCUT2D eigenvalue weighted by Crippen LogP contribution is -1.97. The molecule has 2 N–H and O–H groups in total. The van der Waals surface area contributed by atoms with Gasteiger partial charge in [0.2, 0.25) is 0 Å². The topological polar surface area (TPSA) is 45.1 Å². The molecule has 0 saturated heterocycles. The standard InChI is InChI=1S/C23H22N2O/c1-14-7-8-19-21(9-14)25-22-11-16(3)15(2)10-20(22)23(19)24-18-6-4-5-17(12-18)13-26/h4-12,26H,13H2,1-3H3,(H,24,25). The molecule has 3 nitrogen and oxygen atoms in total. The van der Waals surface area contributed by atoms with Gasteiger partial charge in [0.1, 0.15) is 0 Å². The van der Waals surface area contributed by atoms with Crippen LogP contribution in [0.2, 0.25) is 0 Å². The van der Waals surface area contributed by atoms with Gasteiger partial charge in [0.15, 0.2) is 0 Å². The molecule has 130 valence electrons. The van der Waals surface area contributed by atoms with E-state index in [9.17, 15) is 5.11 Å². The van der Waals surface area contributed by atoms with Crippen molar-refractivity contribution in [3.05, 3.63) is 76.9 Å². The first-order valence-corrected chi connectivity index (χ1v) is 8.83. The second kappa shape index (κ2) is 6.43. The number of nitrogens with one attached hydrogen (secondary N) is 1. The van der Waals surface area contributed by atoms with Crippen LogP contribution in [0.15, 0.2) is 54.6 Å². The number of nitrogens with zero attached hydrogens (tertiary/aromatic N) is 1. The van der Waals surface area contributed by atoms with Crippen LogP contribution in [-0.2, 0) is 6.61 Å². The summed E-state index contributed by atoms with van der Waals surface area (Å²) in [7, 11) is 0. The highest BCUT2D eigenvalue weighted by molar-refractivity contribution is 6.09. The summed E-state index contributed by atoms with van der Waals surface area (Å²) in [5, 5.41) is 15.2. The average Bonchev–Trinajstić information content (AvgIpc) is 2.63. The van der Waals surface area contributed by atoms with Crippen molar-refractivity contribution >= 4 is 33.2 Å². The van der Waals surface area contributed by atoms with Gasteiger partial charge in [-0.2, -0.15) is 0 Å². The fraction of sp³-hybridized carbons (Fsp3) is 0.174. The van der Waals surface area contributed by atoms with Crippen LogP contribution in [0.4, 0.5) is 11.4 Å². The minimum Gasteiger partial charge on any atom is -0.392 e. The summed E-state index contributed by atoms with van der Waals surface area (Å²) in [5.41, 5.74) is 8.58. The second-order valence-electron chi connectivity index (χ2n) is 6.94. The summed E-state index contributed by atoms with van der Waals surface area (Å²) >= 11 is 0. The number of aryl methyl sites for hydroxylation is 3. The molecule has 0 amide bonds. The average molecular weight is 342 g/mol. The Labute approximate surface area is 153 Å². The zero-order valence-electron chi connectivity index (χ0n) is 15.3. The van der Waals surface area contributed by atoms with Crippen molar-refractivity contribution in [1.82, 2.24) is 4.98 Å². The van der Waals surface area contributed by atoms with E-state index in [1.165, 1.54) is 16.7 Å². The number of rotatable bonds is 3. The molecular weight excluding hydrogens is 320 g/mol. The highest BCUT2D eigenvalue weighted by atomic mass is 16.3. The maximum Gasteiger partial charge on any atom is 0.0733 e. The van der Waals surface area contributed by atoms with Crippen molar-refractivity contribution in [2.24, 2.45) is 0 Å².